The minimum Gasteiger partial charge on any atom is -0.462 e. The second kappa shape index (κ2) is 6.07. The molecule has 2 radical (unpaired) electrons. The summed E-state index contributed by atoms with van der Waals surface area (Å²) in [7, 11) is 5.68. The maximum Gasteiger partial charge on any atom is 0.338 e. The molecule has 0 heterocycles. The van der Waals surface area contributed by atoms with E-state index >= 15 is 0 Å². The van der Waals surface area contributed by atoms with E-state index in [0.717, 1.165) is 15.6 Å². The van der Waals surface area contributed by atoms with Gasteiger partial charge < -0.3 is 4.74 Å². The summed E-state index contributed by atoms with van der Waals surface area (Å²) in [5.74, 6) is -0.323. The maximum absolute atomic E-state index is 12.0. The standard InChI is InChI=1S/C15H12BBrO2/c1-2-19-15(18)14-9-12(17)7-8-13(14)10-3-5-11(16)6-4-10/h3-9H,2H2,1H3. The highest BCUT2D eigenvalue weighted by atomic mass is 79.9. The second-order valence-corrected chi connectivity index (χ2v) is 4.95. The van der Waals surface area contributed by atoms with Gasteiger partial charge in [-0.1, -0.05) is 51.7 Å². The smallest absolute Gasteiger partial charge is 0.338 e. The van der Waals surface area contributed by atoms with Gasteiger partial charge in [0.2, 0.25) is 0 Å². The van der Waals surface area contributed by atoms with Gasteiger partial charge in [0.1, 0.15) is 7.85 Å². The van der Waals surface area contributed by atoms with E-state index < -0.39 is 0 Å². The number of rotatable bonds is 3. The van der Waals surface area contributed by atoms with Gasteiger partial charge in [-0.25, -0.2) is 4.79 Å². The highest BCUT2D eigenvalue weighted by Crippen LogP contribution is 2.27. The molecular formula is C15H12BBrO2. The van der Waals surface area contributed by atoms with E-state index in [9.17, 15) is 4.79 Å². The van der Waals surface area contributed by atoms with Crippen LogP contribution in [0.25, 0.3) is 11.1 Å². The zero-order valence-electron chi connectivity index (χ0n) is 10.5. The van der Waals surface area contributed by atoms with Gasteiger partial charge in [-0.05, 0) is 30.2 Å². The molecular weight excluding hydrogens is 303 g/mol. The molecule has 2 nitrogen and oxygen atoms in total. The van der Waals surface area contributed by atoms with E-state index in [4.69, 9.17) is 12.6 Å². The van der Waals surface area contributed by atoms with Gasteiger partial charge in [-0.2, -0.15) is 0 Å². The summed E-state index contributed by atoms with van der Waals surface area (Å²) in [4.78, 5) is 12.0. The van der Waals surface area contributed by atoms with Crippen LogP contribution < -0.4 is 5.46 Å². The quantitative estimate of drug-likeness (QED) is 0.643. The molecule has 0 aromatic heterocycles. The SMILES string of the molecule is [B]c1ccc(-c2ccc(Br)cc2C(=O)OCC)cc1. The Morgan fingerprint density at radius 1 is 1.21 bits per heavy atom. The van der Waals surface area contributed by atoms with Crippen LogP contribution in [-0.2, 0) is 4.74 Å². The minimum absolute atomic E-state index is 0.323. The van der Waals surface area contributed by atoms with Gasteiger partial charge in [0, 0.05) is 4.47 Å². The molecule has 19 heavy (non-hydrogen) atoms. The number of ether oxygens (including phenoxy) is 1. The third kappa shape index (κ3) is 3.26. The fraction of sp³-hybridized carbons (Fsp3) is 0.133. The average Bonchev–Trinajstić information content (AvgIpc) is 2.40. The first kappa shape index (κ1) is 13.9. The minimum atomic E-state index is -0.323. The van der Waals surface area contributed by atoms with Crippen molar-refractivity contribution in [3.63, 3.8) is 0 Å². The third-order valence-electron chi connectivity index (χ3n) is 2.70. The summed E-state index contributed by atoms with van der Waals surface area (Å²) >= 11 is 3.37. The van der Waals surface area contributed by atoms with E-state index in [1.807, 2.05) is 36.4 Å². The van der Waals surface area contributed by atoms with Gasteiger partial charge in [0.05, 0.1) is 12.2 Å². The Morgan fingerprint density at radius 2 is 1.89 bits per heavy atom. The third-order valence-corrected chi connectivity index (χ3v) is 3.19. The van der Waals surface area contributed by atoms with E-state index in [1.165, 1.54) is 0 Å². The van der Waals surface area contributed by atoms with E-state index in [1.54, 1.807) is 13.0 Å². The molecule has 0 N–H and O–H groups in total. The topological polar surface area (TPSA) is 26.3 Å². The van der Waals surface area contributed by atoms with Crippen molar-refractivity contribution in [3.05, 3.63) is 52.5 Å². The van der Waals surface area contributed by atoms with Crippen molar-refractivity contribution < 1.29 is 9.53 Å². The van der Waals surface area contributed by atoms with Crippen LogP contribution in [0.4, 0.5) is 0 Å². The maximum atomic E-state index is 12.0. The Labute approximate surface area is 122 Å². The first-order chi connectivity index (χ1) is 9.11. The number of hydrogen-bond donors (Lipinski definition) is 0. The average molecular weight is 315 g/mol. The molecule has 0 unspecified atom stereocenters. The molecule has 2 aromatic carbocycles. The molecule has 0 bridgehead atoms. The van der Waals surface area contributed by atoms with Crippen molar-refractivity contribution in [1.29, 1.82) is 0 Å². The number of benzene rings is 2. The molecule has 94 valence electrons. The molecule has 0 saturated heterocycles. The zero-order valence-corrected chi connectivity index (χ0v) is 12.1. The molecule has 0 fully saturated rings. The summed E-state index contributed by atoms with van der Waals surface area (Å²) in [6.45, 7) is 2.14. The highest BCUT2D eigenvalue weighted by Gasteiger charge is 2.14. The van der Waals surface area contributed by atoms with Crippen LogP contribution in [0.3, 0.4) is 0 Å². The predicted molar refractivity (Wildman–Crippen MR) is 80.9 cm³/mol. The van der Waals surface area contributed by atoms with Crippen molar-refractivity contribution in [3.8, 4) is 11.1 Å². The lowest BCUT2D eigenvalue weighted by Crippen LogP contribution is -2.07. The van der Waals surface area contributed by atoms with Crippen LogP contribution in [0.5, 0.6) is 0 Å². The number of carbonyl (C=O) groups excluding carboxylic acids is 1. The van der Waals surface area contributed by atoms with E-state index in [0.29, 0.717) is 17.6 Å². The Hall–Kier alpha value is -1.55. The van der Waals surface area contributed by atoms with Crippen molar-refractivity contribution in [2.45, 2.75) is 6.92 Å². The Balaban J connectivity index is 2.50. The molecule has 0 aliphatic carbocycles. The Bertz CT molecular complexity index is 594. The Morgan fingerprint density at radius 3 is 2.53 bits per heavy atom. The van der Waals surface area contributed by atoms with Gasteiger partial charge >= 0.3 is 5.97 Å². The lowest BCUT2D eigenvalue weighted by atomic mass is 9.92. The van der Waals surface area contributed by atoms with Crippen LogP contribution in [0, 0.1) is 0 Å². The van der Waals surface area contributed by atoms with Crippen molar-refractivity contribution in [2.75, 3.05) is 6.61 Å². The van der Waals surface area contributed by atoms with Gasteiger partial charge in [-0.3, -0.25) is 0 Å². The lowest BCUT2D eigenvalue weighted by molar-refractivity contribution is 0.0527. The van der Waals surface area contributed by atoms with Gasteiger partial charge in [-0.15, -0.1) is 0 Å². The number of carbonyl (C=O) groups is 1. The van der Waals surface area contributed by atoms with E-state index in [2.05, 4.69) is 15.9 Å². The van der Waals surface area contributed by atoms with E-state index in [-0.39, 0.29) is 5.97 Å². The number of hydrogen-bond acceptors (Lipinski definition) is 2. The number of halogens is 1. The predicted octanol–water partition coefficient (Wildman–Crippen LogP) is 3.09. The van der Waals surface area contributed by atoms with Crippen LogP contribution in [0.15, 0.2) is 46.9 Å². The number of esters is 1. The molecule has 2 aromatic rings. The Kier molecular flexibility index (Phi) is 4.43. The molecule has 0 aliphatic heterocycles. The van der Waals surface area contributed by atoms with Gasteiger partial charge in [0.25, 0.3) is 0 Å². The monoisotopic (exact) mass is 314 g/mol. The summed E-state index contributed by atoms with van der Waals surface area (Å²) in [5, 5.41) is 0. The first-order valence-corrected chi connectivity index (χ1v) is 6.73. The first-order valence-electron chi connectivity index (χ1n) is 5.94. The largest absolute Gasteiger partial charge is 0.462 e. The summed E-state index contributed by atoms with van der Waals surface area (Å²) in [5.41, 5.74) is 3.01. The van der Waals surface area contributed by atoms with Crippen LogP contribution in [0.2, 0.25) is 0 Å². The van der Waals surface area contributed by atoms with Crippen molar-refractivity contribution in [1.82, 2.24) is 0 Å². The fourth-order valence-electron chi connectivity index (χ4n) is 1.81. The zero-order chi connectivity index (χ0) is 13.8. The van der Waals surface area contributed by atoms with Crippen molar-refractivity contribution >= 4 is 35.2 Å². The second-order valence-electron chi connectivity index (χ2n) is 4.03. The normalized spacial score (nSPS) is 10.2. The summed E-state index contributed by atoms with van der Waals surface area (Å²) < 4.78 is 5.93. The lowest BCUT2D eigenvalue weighted by Gasteiger charge is -2.10. The summed E-state index contributed by atoms with van der Waals surface area (Å²) in [6.07, 6.45) is 0. The molecule has 0 saturated carbocycles. The molecule has 2 rings (SSSR count). The molecule has 0 amide bonds. The van der Waals surface area contributed by atoms with Gasteiger partial charge in [0.15, 0.2) is 0 Å². The van der Waals surface area contributed by atoms with Crippen LogP contribution in [0.1, 0.15) is 17.3 Å². The molecule has 0 spiro atoms. The summed E-state index contributed by atoms with van der Waals surface area (Å²) in [6, 6.07) is 13.0. The van der Waals surface area contributed by atoms with Crippen LogP contribution in [-0.4, -0.2) is 20.4 Å². The molecule has 0 atom stereocenters. The highest BCUT2D eigenvalue weighted by molar-refractivity contribution is 9.10. The molecule has 4 heteroatoms. The fourth-order valence-corrected chi connectivity index (χ4v) is 2.17. The van der Waals surface area contributed by atoms with Crippen LogP contribution >= 0.6 is 15.9 Å². The molecule has 0 aliphatic rings. The van der Waals surface area contributed by atoms with Crippen molar-refractivity contribution in [2.24, 2.45) is 0 Å².